The molecule has 0 unspecified atom stereocenters. The Labute approximate surface area is 192 Å². The minimum Gasteiger partial charge on any atom is -0.489 e. The number of ketones is 1. The van der Waals surface area contributed by atoms with Crippen LogP contribution < -0.4 is 4.74 Å². The Bertz CT molecular complexity index is 1020. The second-order valence-corrected chi connectivity index (χ2v) is 8.68. The van der Waals surface area contributed by atoms with Gasteiger partial charge in [0.15, 0.2) is 5.78 Å². The molecule has 1 fully saturated rings. The summed E-state index contributed by atoms with van der Waals surface area (Å²) in [6.07, 6.45) is -1.15. The molecule has 0 spiro atoms. The number of rotatable bonds is 6. The number of likely N-dealkylation sites (tertiary alicyclic amines) is 1. The van der Waals surface area contributed by atoms with Crippen LogP contribution in [0.1, 0.15) is 43.1 Å². The molecule has 0 aromatic heterocycles. The molecule has 1 aliphatic heterocycles. The number of methoxy groups -OCH3 is 1. The van der Waals surface area contributed by atoms with Crippen molar-refractivity contribution in [1.82, 2.24) is 4.90 Å². The first-order chi connectivity index (χ1) is 15.6. The molecule has 0 N–H and O–H groups in total. The quantitative estimate of drug-likeness (QED) is 0.373. The topological polar surface area (TPSA) is 99.2 Å². The normalized spacial score (nSPS) is 18.1. The van der Waals surface area contributed by atoms with Gasteiger partial charge in [-0.1, -0.05) is 30.3 Å². The highest BCUT2D eigenvalue weighted by Crippen LogP contribution is 2.31. The molecule has 0 saturated carbocycles. The van der Waals surface area contributed by atoms with E-state index in [0.29, 0.717) is 17.3 Å². The number of imide groups is 1. The zero-order valence-electron chi connectivity index (χ0n) is 19.1. The van der Waals surface area contributed by atoms with Crippen LogP contribution in [-0.2, 0) is 25.7 Å². The van der Waals surface area contributed by atoms with Gasteiger partial charge >= 0.3 is 12.1 Å². The standard InChI is InChI=1S/C25H27NO7/c1-25(2,3)33-24(30)26-20(23(29)31-4)14-19(22(26)28)21(27)17-10-12-18(13-11-17)32-15-16-8-6-5-7-9-16/h5-13,19-20H,14-15H2,1-4H3/t19-,20+/m1/s1. The maximum atomic E-state index is 13.1. The summed E-state index contributed by atoms with van der Waals surface area (Å²) < 4.78 is 15.7. The molecule has 2 aromatic carbocycles. The van der Waals surface area contributed by atoms with Gasteiger partial charge in [0.25, 0.3) is 0 Å². The summed E-state index contributed by atoms with van der Waals surface area (Å²) in [5.41, 5.74) is 0.399. The van der Waals surface area contributed by atoms with Gasteiger partial charge in [-0.3, -0.25) is 9.59 Å². The van der Waals surface area contributed by atoms with Crippen molar-refractivity contribution < 1.29 is 33.4 Å². The Kier molecular flexibility index (Phi) is 7.16. The first-order valence-electron chi connectivity index (χ1n) is 10.6. The minimum absolute atomic E-state index is 0.171. The van der Waals surface area contributed by atoms with Gasteiger partial charge in [-0.2, -0.15) is 0 Å². The first-order valence-corrected chi connectivity index (χ1v) is 10.6. The number of ether oxygens (including phenoxy) is 3. The van der Waals surface area contributed by atoms with Gasteiger partial charge in [-0.15, -0.1) is 0 Å². The van der Waals surface area contributed by atoms with Crippen LogP contribution >= 0.6 is 0 Å². The van der Waals surface area contributed by atoms with Gasteiger partial charge in [0.05, 0.1) is 7.11 Å². The van der Waals surface area contributed by atoms with Crippen molar-refractivity contribution in [1.29, 1.82) is 0 Å². The van der Waals surface area contributed by atoms with Gasteiger partial charge < -0.3 is 14.2 Å². The van der Waals surface area contributed by atoms with Crippen molar-refractivity contribution in [2.75, 3.05) is 7.11 Å². The maximum Gasteiger partial charge on any atom is 0.417 e. The smallest absolute Gasteiger partial charge is 0.417 e. The number of benzene rings is 2. The zero-order valence-corrected chi connectivity index (χ0v) is 19.1. The van der Waals surface area contributed by atoms with Gasteiger partial charge in [-0.25, -0.2) is 14.5 Å². The molecule has 2 atom stereocenters. The van der Waals surface area contributed by atoms with E-state index >= 15 is 0 Å². The third-order valence-corrected chi connectivity index (χ3v) is 5.07. The lowest BCUT2D eigenvalue weighted by atomic mass is 9.94. The highest BCUT2D eigenvalue weighted by atomic mass is 16.6. The Hall–Kier alpha value is -3.68. The predicted octanol–water partition coefficient (Wildman–Crippen LogP) is 3.77. The summed E-state index contributed by atoms with van der Waals surface area (Å²) >= 11 is 0. The van der Waals surface area contributed by atoms with Crippen molar-refractivity contribution in [3.05, 3.63) is 65.7 Å². The number of esters is 1. The van der Waals surface area contributed by atoms with Crippen LogP contribution in [0.25, 0.3) is 0 Å². The second-order valence-electron chi connectivity index (χ2n) is 8.68. The van der Waals surface area contributed by atoms with Crippen LogP contribution in [0.2, 0.25) is 0 Å². The van der Waals surface area contributed by atoms with Crippen LogP contribution in [-0.4, -0.2) is 47.4 Å². The van der Waals surface area contributed by atoms with Gasteiger partial charge in [0, 0.05) is 5.56 Å². The average Bonchev–Trinajstić information content (AvgIpc) is 3.13. The molecule has 2 amide bonds. The van der Waals surface area contributed by atoms with Crippen LogP contribution in [0.5, 0.6) is 5.75 Å². The number of hydrogen-bond acceptors (Lipinski definition) is 7. The molecule has 1 heterocycles. The van der Waals surface area contributed by atoms with Crippen molar-refractivity contribution in [2.24, 2.45) is 5.92 Å². The molecule has 3 rings (SSSR count). The molecule has 8 heteroatoms. The van der Waals surface area contributed by atoms with Gasteiger partial charge in [0.1, 0.15) is 29.9 Å². The van der Waals surface area contributed by atoms with Crippen LogP contribution in [0, 0.1) is 5.92 Å². The summed E-state index contributed by atoms with van der Waals surface area (Å²) in [4.78, 5) is 51.5. The molecule has 8 nitrogen and oxygen atoms in total. The number of amides is 2. The summed E-state index contributed by atoms with van der Waals surface area (Å²) in [7, 11) is 1.16. The Morgan fingerprint density at radius 2 is 1.64 bits per heavy atom. The van der Waals surface area contributed by atoms with E-state index < -0.39 is 41.3 Å². The van der Waals surface area contributed by atoms with Crippen LogP contribution in [0.4, 0.5) is 4.79 Å². The number of carbonyl (C=O) groups excluding carboxylic acids is 4. The zero-order chi connectivity index (χ0) is 24.2. The van der Waals surface area contributed by atoms with Crippen LogP contribution in [0.15, 0.2) is 54.6 Å². The molecule has 0 radical (unpaired) electrons. The fraction of sp³-hybridized carbons (Fsp3) is 0.360. The predicted molar refractivity (Wildman–Crippen MR) is 119 cm³/mol. The molecular weight excluding hydrogens is 426 g/mol. The van der Waals surface area contributed by atoms with E-state index in [1.807, 2.05) is 30.3 Å². The lowest BCUT2D eigenvalue weighted by Gasteiger charge is -2.26. The minimum atomic E-state index is -1.22. The van der Waals surface area contributed by atoms with E-state index in [-0.39, 0.29) is 12.0 Å². The Morgan fingerprint density at radius 1 is 1.00 bits per heavy atom. The fourth-order valence-electron chi connectivity index (χ4n) is 3.49. The summed E-state index contributed by atoms with van der Waals surface area (Å²) in [6, 6.07) is 14.8. The monoisotopic (exact) mass is 453 g/mol. The second kappa shape index (κ2) is 9.85. The molecule has 174 valence electrons. The van der Waals surface area contributed by atoms with Gasteiger partial charge in [-0.05, 0) is 57.0 Å². The van der Waals surface area contributed by atoms with Crippen molar-refractivity contribution in [3.63, 3.8) is 0 Å². The lowest BCUT2D eigenvalue weighted by molar-refractivity contribution is -0.148. The molecule has 33 heavy (non-hydrogen) atoms. The van der Waals surface area contributed by atoms with E-state index in [9.17, 15) is 19.2 Å². The summed E-state index contributed by atoms with van der Waals surface area (Å²) in [6.45, 7) is 5.30. The van der Waals surface area contributed by atoms with Crippen molar-refractivity contribution >= 4 is 23.8 Å². The molecule has 1 saturated heterocycles. The van der Waals surface area contributed by atoms with Crippen LogP contribution in [0.3, 0.4) is 0 Å². The maximum absolute atomic E-state index is 13.1. The van der Waals surface area contributed by atoms with Gasteiger partial charge in [0.2, 0.25) is 5.91 Å². The average molecular weight is 453 g/mol. The highest BCUT2D eigenvalue weighted by Gasteiger charge is 2.51. The number of Topliss-reactive ketones (excluding diaryl/α,β-unsaturated/α-hetero) is 1. The van der Waals surface area contributed by atoms with E-state index in [1.54, 1.807) is 45.0 Å². The molecule has 2 aromatic rings. The number of hydrogen-bond donors (Lipinski definition) is 0. The van der Waals surface area contributed by atoms with E-state index in [1.165, 1.54) is 0 Å². The van der Waals surface area contributed by atoms with Crippen molar-refractivity contribution in [3.8, 4) is 5.75 Å². The molecular formula is C25H27NO7. The van der Waals surface area contributed by atoms with E-state index in [0.717, 1.165) is 12.7 Å². The number of carbonyl (C=O) groups is 4. The largest absolute Gasteiger partial charge is 0.489 e. The third kappa shape index (κ3) is 5.77. The highest BCUT2D eigenvalue weighted by molar-refractivity contribution is 6.15. The van der Waals surface area contributed by atoms with Crippen molar-refractivity contribution in [2.45, 2.75) is 45.4 Å². The first kappa shape index (κ1) is 24.0. The van der Waals surface area contributed by atoms with E-state index in [4.69, 9.17) is 14.2 Å². The summed E-state index contributed by atoms with van der Waals surface area (Å²) in [5, 5.41) is 0. The third-order valence-electron chi connectivity index (χ3n) is 5.07. The Balaban J connectivity index is 1.73. The van der Waals surface area contributed by atoms with E-state index in [2.05, 4.69) is 0 Å². The lowest BCUT2D eigenvalue weighted by Crippen LogP contribution is -2.46. The fourth-order valence-corrected chi connectivity index (χ4v) is 3.49. The Morgan fingerprint density at radius 3 is 2.21 bits per heavy atom. The SMILES string of the molecule is COC(=O)[C@@H]1C[C@H](C(=O)c2ccc(OCc3ccccc3)cc2)C(=O)N1C(=O)OC(C)(C)C. The molecule has 1 aliphatic rings. The number of nitrogens with zero attached hydrogens (tertiary/aromatic N) is 1. The molecule has 0 aliphatic carbocycles. The summed E-state index contributed by atoms with van der Waals surface area (Å²) in [5.74, 6) is -2.69. The molecule has 0 bridgehead atoms.